The highest BCUT2D eigenvalue weighted by molar-refractivity contribution is 5.60. The van der Waals surface area contributed by atoms with E-state index in [1.807, 2.05) is 0 Å². The highest BCUT2D eigenvalue weighted by Crippen LogP contribution is 2.34. The molecule has 1 N–H and O–H groups in total. The predicted molar refractivity (Wildman–Crippen MR) is 78.9 cm³/mol. The Hall–Kier alpha value is -1.96. The van der Waals surface area contributed by atoms with E-state index in [0.29, 0.717) is 6.61 Å². The molecule has 0 saturated heterocycles. The van der Waals surface area contributed by atoms with Gasteiger partial charge in [0.1, 0.15) is 12.4 Å². The molecule has 2 heteroatoms. The summed E-state index contributed by atoms with van der Waals surface area (Å²) in [6.45, 7) is 4.94. The maximum Gasteiger partial charge on any atom is 0.142 e. The molecule has 2 nitrogen and oxygen atoms in total. The van der Waals surface area contributed by atoms with Crippen molar-refractivity contribution < 1.29 is 4.74 Å². The van der Waals surface area contributed by atoms with E-state index in [1.165, 1.54) is 16.7 Å². The van der Waals surface area contributed by atoms with E-state index in [2.05, 4.69) is 61.6 Å². The molecule has 98 valence electrons. The lowest BCUT2D eigenvalue weighted by atomic mass is 10.0. The van der Waals surface area contributed by atoms with Gasteiger partial charge in [-0.2, -0.15) is 0 Å². The molecule has 0 spiro atoms. The average Bonchev–Trinajstić information content (AvgIpc) is 2.47. The molecule has 1 heterocycles. The lowest BCUT2D eigenvalue weighted by Gasteiger charge is -2.28. The molecule has 2 aromatic rings. The molecule has 0 saturated carbocycles. The van der Waals surface area contributed by atoms with Crippen LogP contribution in [0.1, 0.15) is 29.7 Å². The summed E-state index contributed by atoms with van der Waals surface area (Å²) in [5, 5.41) is 3.55. The van der Waals surface area contributed by atoms with E-state index >= 15 is 0 Å². The van der Waals surface area contributed by atoms with E-state index in [1.54, 1.807) is 0 Å². The Bertz CT molecular complexity index is 574. The number of hydrogen-bond acceptors (Lipinski definition) is 2. The summed E-state index contributed by atoms with van der Waals surface area (Å²) in [7, 11) is 0. The van der Waals surface area contributed by atoms with Crippen molar-refractivity contribution in [1.29, 1.82) is 0 Å². The molecular formula is C17H19NO. The van der Waals surface area contributed by atoms with Crippen LogP contribution in [0.5, 0.6) is 5.75 Å². The SMILES string of the molecule is CCc1ccc([C@H]2COc3cc(C)ccc3N2)cc1. The summed E-state index contributed by atoms with van der Waals surface area (Å²) >= 11 is 0. The zero-order chi connectivity index (χ0) is 13.2. The van der Waals surface area contributed by atoms with Crippen molar-refractivity contribution in [2.45, 2.75) is 26.3 Å². The Labute approximate surface area is 114 Å². The molecule has 19 heavy (non-hydrogen) atoms. The van der Waals surface area contributed by atoms with Gasteiger partial charge in [0, 0.05) is 0 Å². The van der Waals surface area contributed by atoms with E-state index in [0.717, 1.165) is 17.9 Å². The topological polar surface area (TPSA) is 21.3 Å². The Balaban J connectivity index is 1.82. The summed E-state index contributed by atoms with van der Waals surface area (Å²) in [5.74, 6) is 0.960. The second-order valence-electron chi connectivity index (χ2n) is 5.10. The number of anilines is 1. The van der Waals surface area contributed by atoms with Crippen molar-refractivity contribution in [3.63, 3.8) is 0 Å². The molecule has 3 rings (SSSR count). The van der Waals surface area contributed by atoms with Gasteiger partial charge in [-0.05, 0) is 42.2 Å². The Morgan fingerprint density at radius 3 is 2.68 bits per heavy atom. The fourth-order valence-corrected chi connectivity index (χ4v) is 2.44. The highest BCUT2D eigenvalue weighted by atomic mass is 16.5. The molecule has 1 aliphatic rings. The summed E-state index contributed by atoms with van der Waals surface area (Å²) < 4.78 is 5.87. The largest absolute Gasteiger partial charge is 0.489 e. The second kappa shape index (κ2) is 4.96. The molecule has 0 radical (unpaired) electrons. The minimum Gasteiger partial charge on any atom is -0.489 e. The Kier molecular flexibility index (Phi) is 3.16. The average molecular weight is 253 g/mol. The second-order valence-corrected chi connectivity index (χ2v) is 5.10. The number of ether oxygens (including phenoxy) is 1. The van der Waals surface area contributed by atoms with Crippen LogP contribution in [0.25, 0.3) is 0 Å². The first-order chi connectivity index (χ1) is 9.26. The van der Waals surface area contributed by atoms with E-state index in [9.17, 15) is 0 Å². The van der Waals surface area contributed by atoms with Crippen LogP contribution in [-0.2, 0) is 6.42 Å². The van der Waals surface area contributed by atoms with Gasteiger partial charge in [0.2, 0.25) is 0 Å². The first kappa shape index (κ1) is 12.1. The minimum atomic E-state index is 0.237. The normalized spacial score (nSPS) is 17.3. The monoisotopic (exact) mass is 253 g/mol. The van der Waals surface area contributed by atoms with Crippen LogP contribution in [-0.4, -0.2) is 6.61 Å². The third-order valence-electron chi connectivity index (χ3n) is 3.66. The third-order valence-corrected chi connectivity index (χ3v) is 3.66. The first-order valence-electron chi connectivity index (χ1n) is 6.85. The molecule has 0 bridgehead atoms. The van der Waals surface area contributed by atoms with Crippen molar-refractivity contribution in [2.24, 2.45) is 0 Å². The minimum absolute atomic E-state index is 0.237. The van der Waals surface area contributed by atoms with Gasteiger partial charge in [0.25, 0.3) is 0 Å². The third kappa shape index (κ3) is 2.43. The number of rotatable bonds is 2. The maximum absolute atomic E-state index is 5.87. The summed E-state index contributed by atoms with van der Waals surface area (Å²) in [6.07, 6.45) is 1.08. The fourth-order valence-electron chi connectivity index (χ4n) is 2.44. The zero-order valence-corrected chi connectivity index (χ0v) is 11.4. The highest BCUT2D eigenvalue weighted by Gasteiger charge is 2.20. The van der Waals surface area contributed by atoms with E-state index in [-0.39, 0.29) is 6.04 Å². The molecule has 0 amide bonds. The Morgan fingerprint density at radius 1 is 1.16 bits per heavy atom. The van der Waals surface area contributed by atoms with Crippen LogP contribution in [0.15, 0.2) is 42.5 Å². The van der Waals surface area contributed by atoms with Crippen molar-refractivity contribution in [3.05, 3.63) is 59.2 Å². The number of benzene rings is 2. The lowest BCUT2D eigenvalue weighted by molar-refractivity contribution is 0.286. The summed E-state index contributed by atoms with van der Waals surface area (Å²) in [4.78, 5) is 0. The number of aryl methyl sites for hydroxylation is 2. The van der Waals surface area contributed by atoms with Crippen molar-refractivity contribution in [1.82, 2.24) is 0 Å². The summed E-state index contributed by atoms with van der Waals surface area (Å²) in [5.41, 5.74) is 4.97. The molecule has 1 aliphatic heterocycles. The van der Waals surface area contributed by atoms with Gasteiger partial charge in [-0.25, -0.2) is 0 Å². The van der Waals surface area contributed by atoms with Crippen LogP contribution in [0.3, 0.4) is 0 Å². The number of fused-ring (bicyclic) bond motifs is 1. The van der Waals surface area contributed by atoms with E-state index < -0.39 is 0 Å². The molecule has 2 aromatic carbocycles. The van der Waals surface area contributed by atoms with Gasteiger partial charge < -0.3 is 10.1 Å². The zero-order valence-electron chi connectivity index (χ0n) is 11.4. The Morgan fingerprint density at radius 2 is 1.95 bits per heavy atom. The van der Waals surface area contributed by atoms with Crippen LogP contribution in [0, 0.1) is 6.92 Å². The van der Waals surface area contributed by atoms with Gasteiger partial charge in [0.05, 0.1) is 11.7 Å². The van der Waals surface area contributed by atoms with Gasteiger partial charge in [0.15, 0.2) is 0 Å². The van der Waals surface area contributed by atoms with Gasteiger partial charge in [-0.15, -0.1) is 0 Å². The van der Waals surface area contributed by atoms with Gasteiger partial charge >= 0.3 is 0 Å². The maximum atomic E-state index is 5.87. The lowest BCUT2D eigenvalue weighted by Crippen LogP contribution is -2.23. The van der Waals surface area contributed by atoms with Crippen molar-refractivity contribution >= 4 is 5.69 Å². The van der Waals surface area contributed by atoms with Crippen LogP contribution >= 0.6 is 0 Å². The molecule has 0 fully saturated rings. The van der Waals surface area contributed by atoms with Crippen LogP contribution in [0.2, 0.25) is 0 Å². The molecule has 0 unspecified atom stereocenters. The molecule has 0 aliphatic carbocycles. The van der Waals surface area contributed by atoms with E-state index in [4.69, 9.17) is 4.74 Å². The van der Waals surface area contributed by atoms with Crippen molar-refractivity contribution in [3.8, 4) is 5.75 Å². The first-order valence-corrected chi connectivity index (χ1v) is 6.85. The van der Waals surface area contributed by atoms with Crippen LogP contribution in [0.4, 0.5) is 5.69 Å². The van der Waals surface area contributed by atoms with Gasteiger partial charge in [-0.1, -0.05) is 37.3 Å². The number of hydrogen-bond donors (Lipinski definition) is 1. The molecule has 0 aromatic heterocycles. The molecule has 1 atom stereocenters. The standard InChI is InChI=1S/C17H19NO/c1-3-13-5-7-14(8-6-13)16-11-19-17-10-12(2)4-9-15(17)18-16/h4-10,16,18H,3,11H2,1-2H3/t16-/m1/s1. The predicted octanol–water partition coefficient (Wildman–Crippen LogP) is 4.10. The molecular weight excluding hydrogens is 234 g/mol. The van der Waals surface area contributed by atoms with Crippen LogP contribution < -0.4 is 10.1 Å². The summed E-state index contributed by atoms with van der Waals surface area (Å²) in [6, 6.07) is 15.3. The smallest absolute Gasteiger partial charge is 0.142 e. The van der Waals surface area contributed by atoms with Gasteiger partial charge in [-0.3, -0.25) is 0 Å². The fraction of sp³-hybridized carbons (Fsp3) is 0.294. The van der Waals surface area contributed by atoms with Crippen molar-refractivity contribution in [2.75, 3.05) is 11.9 Å². The number of nitrogens with one attached hydrogen (secondary N) is 1. The quantitative estimate of drug-likeness (QED) is 0.870.